The molecule has 1 spiro atoms. The molecule has 1 N–H and O–H groups in total. The van der Waals surface area contributed by atoms with Crippen LogP contribution >= 0.6 is 0 Å². The SMILES string of the molecule is CN(C)C(=O)c1ccc(-c2cnc(N3CCC[C@]4(CCN(C5CCC(O)CC5)C4=O)C3)nc2)cn1. The summed E-state index contributed by atoms with van der Waals surface area (Å²) in [4.78, 5) is 44.9. The van der Waals surface area contributed by atoms with Crippen molar-refractivity contribution in [2.45, 2.75) is 57.1 Å². The van der Waals surface area contributed by atoms with Gasteiger partial charge in [-0.05, 0) is 51.0 Å². The van der Waals surface area contributed by atoms with Gasteiger partial charge in [0.25, 0.3) is 5.91 Å². The summed E-state index contributed by atoms with van der Waals surface area (Å²) in [6.07, 6.45) is 11.1. The van der Waals surface area contributed by atoms with Crippen molar-refractivity contribution in [3.63, 3.8) is 0 Å². The zero-order valence-corrected chi connectivity index (χ0v) is 20.6. The van der Waals surface area contributed by atoms with Crippen LogP contribution in [-0.4, -0.2) is 87.5 Å². The first kappa shape index (κ1) is 23.7. The Morgan fingerprint density at radius 1 is 1.00 bits per heavy atom. The largest absolute Gasteiger partial charge is 0.393 e. The molecule has 9 heteroatoms. The van der Waals surface area contributed by atoms with Crippen molar-refractivity contribution in [2.24, 2.45) is 5.41 Å². The third-order valence-electron chi connectivity index (χ3n) is 7.87. The number of rotatable bonds is 4. The Morgan fingerprint density at radius 3 is 2.37 bits per heavy atom. The molecule has 2 aliphatic heterocycles. The molecule has 2 saturated heterocycles. The number of amides is 2. The molecule has 5 rings (SSSR count). The molecule has 0 unspecified atom stereocenters. The predicted octanol–water partition coefficient (Wildman–Crippen LogP) is 2.36. The summed E-state index contributed by atoms with van der Waals surface area (Å²) in [5, 5.41) is 9.84. The molecule has 186 valence electrons. The van der Waals surface area contributed by atoms with Gasteiger partial charge in [-0.15, -0.1) is 0 Å². The highest BCUT2D eigenvalue weighted by molar-refractivity contribution is 5.92. The van der Waals surface area contributed by atoms with Gasteiger partial charge in [-0.2, -0.15) is 0 Å². The molecule has 2 aromatic heterocycles. The van der Waals surface area contributed by atoms with Crippen LogP contribution < -0.4 is 4.90 Å². The number of carbonyl (C=O) groups is 2. The Balaban J connectivity index is 1.26. The first-order valence-corrected chi connectivity index (χ1v) is 12.6. The maximum atomic E-state index is 13.6. The van der Waals surface area contributed by atoms with Gasteiger partial charge in [-0.25, -0.2) is 9.97 Å². The molecule has 35 heavy (non-hydrogen) atoms. The van der Waals surface area contributed by atoms with E-state index in [1.54, 1.807) is 38.8 Å². The second-order valence-corrected chi connectivity index (χ2v) is 10.4. The molecule has 4 heterocycles. The summed E-state index contributed by atoms with van der Waals surface area (Å²) in [5.74, 6) is 0.786. The van der Waals surface area contributed by atoms with Crippen LogP contribution in [0, 0.1) is 5.41 Å². The molecule has 2 aromatic rings. The van der Waals surface area contributed by atoms with Crippen molar-refractivity contribution in [1.29, 1.82) is 0 Å². The van der Waals surface area contributed by atoms with E-state index < -0.39 is 0 Å². The predicted molar refractivity (Wildman–Crippen MR) is 132 cm³/mol. The lowest BCUT2D eigenvalue weighted by Crippen LogP contribution is -2.50. The van der Waals surface area contributed by atoms with Gasteiger partial charge >= 0.3 is 0 Å². The quantitative estimate of drug-likeness (QED) is 0.720. The van der Waals surface area contributed by atoms with E-state index in [-0.39, 0.29) is 29.4 Å². The molecule has 1 saturated carbocycles. The van der Waals surface area contributed by atoms with E-state index in [2.05, 4.69) is 24.8 Å². The average molecular weight is 479 g/mol. The van der Waals surface area contributed by atoms with Crippen LogP contribution in [0.5, 0.6) is 0 Å². The van der Waals surface area contributed by atoms with Crippen LogP contribution in [0.25, 0.3) is 11.1 Å². The number of pyridine rings is 1. The zero-order chi connectivity index (χ0) is 24.6. The van der Waals surface area contributed by atoms with Gasteiger partial charge in [0.15, 0.2) is 0 Å². The molecule has 9 nitrogen and oxygen atoms in total. The molecule has 1 atom stereocenters. The van der Waals surface area contributed by atoms with E-state index in [0.717, 1.165) is 69.2 Å². The van der Waals surface area contributed by atoms with Crippen molar-refractivity contribution >= 4 is 17.8 Å². The molecule has 3 aliphatic rings. The summed E-state index contributed by atoms with van der Waals surface area (Å²) in [6.45, 7) is 2.30. The Labute approximate surface area is 206 Å². The molecule has 0 radical (unpaired) electrons. The van der Waals surface area contributed by atoms with Gasteiger partial charge in [0, 0.05) is 69.5 Å². The van der Waals surface area contributed by atoms with Gasteiger partial charge in [0.05, 0.1) is 11.5 Å². The van der Waals surface area contributed by atoms with Gasteiger partial charge in [-0.3, -0.25) is 14.6 Å². The highest BCUT2D eigenvalue weighted by atomic mass is 16.3. The van der Waals surface area contributed by atoms with Crippen molar-refractivity contribution in [3.8, 4) is 11.1 Å². The number of anilines is 1. The maximum absolute atomic E-state index is 13.6. The standard InChI is InChI=1S/C26H34N6O3/c1-30(2)23(34)22-9-4-18(14-27-22)19-15-28-25(29-16-19)31-12-3-10-26(17-31)11-13-32(24(26)35)20-5-7-21(33)8-6-20/h4,9,14-16,20-21,33H,3,5-8,10-13,17H2,1-2H3/t20?,21?,26-/m0/s1. The molecular weight excluding hydrogens is 444 g/mol. The Hall–Kier alpha value is -3.07. The summed E-state index contributed by atoms with van der Waals surface area (Å²) in [5.41, 5.74) is 1.73. The number of piperidine rings is 1. The second kappa shape index (κ2) is 9.53. The number of aliphatic hydroxyl groups is 1. The normalized spacial score (nSPS) is 26.9. The molecule has 0 aromatic carbocycles. The van der Waals surface area contributed by atoms with Crippen molar-refractivity contribution in [1.82, 2.24) is 24.8 Å². The first-order chi connectivity index (χ1) is 16.9. The summed E-state index contributed by atoms with van der Waals surface area (Å²) in [7, 11) is 3.40. The minimum atomic E-state index is -0.352. The maximum Gasteiger partial charge on any atom is 0.271 e. The zero-order valence-electron chi connectivity index (χ0n) is 20.6. The van der Waals surface area contributed by atoms with Gasteiger partial charge in [0.1, 0.15) is 5.69 Å². The van der Waals surface area contributed by atoms with Crippen LogP contribution in [0.1, 0.15) is 55.4 Å². The molecule has 2 amide bonds. The molecule has 1 aliphatic carbocycles. The Morgan fingerprint density at radius 2 is 1.71 bits per heavy atom. The number of carbonyl (C=O) groups excluding carboxylic acids is 2. The van der Waals surface area contributed by atoms with E-state index in [9.17, 15) is 14.7 Å². The fourth-order valence-electron chi connectivity index (χ4n) is 5.80. The summed E-state index contributed by atoms with van der Waals surface area (Å²) in [6, 6.07) is 3.84. The minimum Gasteiger partial charge on any atom is -0.393 e. The Kier molecular flexibility index (Phi) is 6.44. The smallest absolute Gasteiger partial charge is 0.271 e. The number of aliphatic hydroxyl groups excluding tert-OH is 1. The van der Waals surface area contributed by atoms with E-state index in [0.29, 0.717) is 18.2 Å². The van der Waals surface area contributed by atoms with E-state index in [1.807, 2.05) is 6.07 Å². The minimum absolute atomic E-state index is 0.136. The summed E-state index contributed by atoms with van der Waals surface area (Å²) < 4.78 is 0. The first-order valence-electron chi connectivity index (χ1n) is 12.6. The number of hydrogen-bond acceptors (Lipinski definition) is 7. The molecular formula is C26H34N6O3. The van der Waals surface area contributed by atoms with Crippen LogP contribution in [0.3, 0.4) is 0 Å². The number of nitrogens with zero attached hydrogens (tertiary/aromatic N) is 6. The van der Waals surface area contributed by atoms with E-state index in [4.69, 9.17) is 0 Å². The average Bonchev–Trinajstić information content (AvgIpc) is 3.19. The summed E-state index contributed by atoms with van der Waals surface area (Å²) >= 11 is 0. The Bertz CT molecular complexity index is 1070. The number of aromatic nitrogens is 3. The topological polar surface area (TPSA) is 103 Å². The highest BCUT2D eigenvalue weighted by Gasteiger charge is 2.51. The lowest BCUT2D eigenvalue weighted by Gasteiger charge is -2.40. The van der Waals surface area contributed by atoms with Crippen molar-refractivity contribution in [3.05, 3.63) is 36.4 Å². The lowest BCUT2D eigenvalue weighted by atomic mass is 9.78. The van der Waals surface area contributed by atoms with Crippen LogP contribution in [-0.2, 0) is 4.79 Å². The lowest BCUT2D eigenvalue weighted by molar-refractivity contribution is -0.139. The third kappa shape index (κ3) is 4.61. The third-order valence-corrected chi connectivity index (χ3v) is 7.87. The van der Waals surface area contributed by atoms with Gasteiger partial charge in [0.2, 0.25) is 11.9 Å². The fraction of sp³-hybridized carbons (Fsp3) is 0.577. The fourth-order valence-corrected chi connectivity index (χ4v) is 5.80. The van der Waals surface area contributed by atoms with Gasteiger partial charge in [-0.1, -0.05) is 6.07 Å². The molecule has 3 fully saturated rings. The number of likely N-dealkylation sites (tertiary alicyclic amines) is 1. The van der Waals surface area contributed by atoms with Crippen LogP contribution in [0.2, 0.25) is 0 Å². The second-order valence-electron chi connectivity index (χ2n) is 10.4. The molecule has 0 bridgehead atoms. The van der Waals surface area contributed by atoms with Crippen molar-refractivity contribution < 1.29 is 14.7 Å². The van der Waals surface area contributed by atoms with Crippen molar-refractivity contribution in [2.75, 3.05) is 38.6 Å². The van der Waals surface area contributed by atoms with Gasteiger partial charge < -0.3 is 19.8 Å². The van der Waals surface area contributed by atoms with Crippen LogP contribution in [0.4, 0.5) is 5.95 Å². The van der Waals surface area contributed by atoms with E-state index >= 15 is 0 Å². The van der Waals surface area contributed by atoms with Crippen LogP contribution in [0.15, 0.2) is 30.7 Å². The highest BCUT2D eigenvalue weighted by Crippen LogP contribution is 2.43. The van der Waals surface area contributed by atoms with E-state index in [1.165, 1.54) is 4.90 Å². The monoisotopic (exact) mass is 478 g/mol. The number of hydrogen-bond donors (Lipinski definition) is 1.